The van der Waals surface area contributed by atoms with Gasteiger partial charge < -0.3 is 14.4 Å². The summed E-state index contributed by atoms with van der Waals surface area (Å²) in [7, 11) is 1.58. The first kappa shape index (κ1) is 16.5. The number of nitrogens with zero attached hydrogens (tertiary/aromatic N) is 3. The van der Waals surface area contributed by atoms with Crippen LogP contribution in [-0.2, 0) is 0 Å². The van der Waals surface area contributed by atoms with E-state index in [1.807, 2.05) is 12.1 Å². The number of halogens is 1. The average Bonchev–Trinajstić information content (AvgIpc) is 2.63. The summed E-state index contributed by atoms with van der Waals surface area (Å²) < 4.78 is 11.0. The molecule has 0 N–H and O–H groups in total. The number of amides is 1. The minimum atomic E-state index is -0.130. The number of benzene rings is 1. The summed E-state index contributed by atoms with van der Waals surface area (Å²) in [6.07, 6.45) is 4.58. The Morgan fingerprint density at radius 1 is 1.33 bits per heavy atom. The molecule has 3 rings (SSSR count). The summed E-state index contributed by atoms with van der Waals surface area (Å²) in [5, 5.41) is 0.459. The minimum Gasteiger partial charge on any atom is -0.497 e. The lowest BCUT2D eigenvalue weighted by molar-refractivity contribution is 0.0515. The first-order chi connectivity index (χ1) is 11.7. The summed E-state index contributed by atoms with van der Waals surface area (Å²) in [4.78, 5) is 22.5. The topological polar surface area (TPSA) is 64.5 Å². The van der Waals surface area contributed by atoms with Gasteiger partial charge in [-0.3, -0.25) is 4.79 Å². The van der Waals surface area contributed by atoms with Crippen LogP contribution in [0.1, 0.15) is 23.2 Å². The van der Waals surface area contributed by atoms with Crippen LogP contribution in [0, 0.1) is 0 Å². The first-order valence-electron chi connectivity index (χ1n) is 7.73. The molecule has 1 aromatic carbocycles. The zero-order valence-corrected chi connectivity index (χ0v) is 14.1. The second kappa shape index (κ2) is 7.49. The zero-order chi connectivity index (χ0) is 16.9. The van der Waals surface area contributed by atoms with E-state index in [9.17, 15) is 4.79 Å². The first-order valence-corrected chi connectivity index (χ1v) is 8.11. The fraction of sp³-hybridized carbons (Fsp3) is 0.353. The lowest BCUT2D eigenvalue weighted by Gasteiger charge is -2.32. The molecule has 2 aromatic rings. The molecule has 1 saturated heterocycles. The van der Waals surface area contributed by atoms with Crippen LogP contribution in [0.15, 0.2) is 36.7 Å². The Labute approximate surface area is 145 Å². The number of piperidine rings is 1. The van der Waals surface area contributed by atoms with E-state index in [-0.39, 0.29) is 18.0 Å². The molecule has 0 spiro atoms. The number of hydrogen-bond donors (Lipinski definition) is 0. The van der Waals surface area contributed by atoms with Crippen molar-refractivity contribution in [2.75, 3.05) is 20.2 Å². The predicted octanol–water partition coefficient (Wildman–Crippen LogP) is 2.82. The van der Waals surface area contributed by atoms with E-state index in [0.29, 0.717) is 29.4 Å². The molecule has 1 atom stereocenters. The van der Waals surface area contributed by atoms with E-state index in [2.05, 4.69) is 9.97 Å². The Hall–Kier alpha value is -2.34. The monoisotopic (exact) mass is 347 g/mol. The van der Waals surface area contributed by atoms with Crippen molar-refractivity contribution in [3.63, 3.8) is 0 Å². The number of likely N-dealkylation sites (tertiary alicyclic amines) is 1. The summed E-state index contributed by atoms with van der Waals surface area (Å²) in [6.45, 7) is 1.21. The second-order valence-corrected chi connectivity index (χ2v) is 5.99. The molecule has 0 saturated carbocycles. The van der Waals surface area contributed by atoms with Crippen molar-refractivity contribution in [1.82, 2.24) is 14.9 Å². The van der Waals surface area contributed by atoms with E-state index in [4.69, 9.17) is 21.1 Å². The highest BCUT2D eigenvalue weighted by atomic mass is 35.5. The van der Waals surface area contributed by atoms with Crippen molar-refractivity contribution in [3.8, 4) is 11.8 Å². The number of carbonyl (C=O) groups excluding carboxylic acids is 1. The van der Waals surface area contributed by atoms with Crippen molar-refractivity contribution in [2.45, 2.75) is 18.9 Å². The number of aromatic nitrogens is 2. The Kier molecular flexibility index (Phi) is 5.15. The number of rotatable bonds is 4. The van der Waals surface area contributed by atoms with Gasteiger partial charge in [0.25, 0.3) is 5.91 Å². The molecule has 1 aliphatic heterocycles. The van der Waals surface area contributed by atoms with Gasteiger partial charge in [-0.15, -0.1) is 0 Å². The van der Waals surface area contributed by atoms with Crippen LogP contribution in [-0.4, -0.2) is 47.1 Å². The summed E-state index contributed by atoms with van der Waals surface area (Å²) >= 11 is 5.77. The Morgan fingerprint density at radius 3 is 2.88 bits per heavy atom. The van der Waals surface area contributed by atoms with Gasteiger partial charge >= 0.3 is 6.01 Å². The molecular formula is C17H18ClN3O3. The van der Waals surface area contributed by atoms with Crippen LogP contribution in [0.5, 0.6) is 11.8 Å². The quantitative estimate of drug-likeness (QED) is 0.851. The number of methoxy groups -OCH3 is 1. The third kappa shape index (κ3) is 3.94. The van der Waals surface area contributed by atoms with E-state index >= 15 is 0 Å². The average molecular weight is 348 g/mol. The van der Waals surface area contributed by atoms with Gasteiger partial charge in [0.2, 0.25) is 0 Å². The number of hydrogen-bond acceptors (Lipinski definition) is 5. The second-order valence-electron chi connectivity index (χ2n) is 5.55. The van der Waals surface area contributed by atoms with Gasteiger partial charge in [0.1, 0.15) is 11.9 Å². The maximum Gasteiger partial charge on any atom is 0.316 e. The molecule has 0 bridgehead atoms. The standard InChI is InChI=1S/C17H18ClN3O3/c1-23-14-5-2-4-12(8-14)16(22)21-7-3-6-15(11-21)24-17-19-9-13(18)10-20-17/h2,4-5,8-10,15H,3,6-7,11H2,1H3/t15-/m0/s1. The van der Waals surface area contributed by atoms with Gasteiger partial charge in [-0.1, -0.05) is 17.7 Å². The minimum absolute atomic E-state index is 0.0285. The molecule has 1 aromatic heterocycles. The molecule has 6 nitrogen and oxygen atoms in total. The van der Waals surface area contributed by atoms with Crippen LogP contribution in [0.2, 0.25) is 5.02 Å². The predicted molar refractivity (Wildman–Crippen MR) is 89.6 cm³/mol. The third-order valence-corrected chi connectivity index (χ3v) is 4.05. The Morgan fingerprint density at radius 2 is 2.12 bits per heavy atom. The summed E-state index contributed by atoms with van der Waals surface area (Å²) in [6, 6.07) is 7.44. The van der Waals surface area contributed by atoms with Crippen LogP contribution < -0.4 is 9.47 Å². The van der Waals surface area contributed by atoms with Gasteiger partial charge in [-0.05, 0) is 31.0 Å². The highest BCUT2D eigenvalue weighted by molar-refractivity contribution is 6.30. The van der Waals surface area contributed by atoms with E-state index in [1.54, 1.807) is 24.1 Å². The Balaban J connectivity index is 1.66. The highest BCUT2D eigenvalue weighted by Gasteiger charge is 2.26. The van der Waals surface area contributed by atoms with Crippen molar-refractivity contribution in [2.24, 2.45) is 0 Å². The van der Waals surface area contributed by atoms with Crippen LogP contribution in [0.3, 0.4) is 0 Å². The number of carbonyl (C=O) groups is 1. The SMILES string of the molecule is COc1cccc(C(=O)N2CCC[C@H](Oc3ncc(Cl)cn3)C2)c1. The molecule has 126 valence electrons. The largest absolute Gasteiger partial charge is 0.497 e. The summed E-state index contributed by atoms with van der Waals surface area (Å²) in [5.74, 6) is 0.638. The molecule has 24 heavy (non-hydrogen) atoms. The molecule has 0 aliphatic carbocycles. The molecule has 0 unspecified atom stereocenters. The van der Waals surface area contributed by atoms with Crippen LogP contribution in [0.25, 0.3) is 0 Å². The highest BCUT2D eigenvalue weighted by Crippen LogP contribution is 2.20. The molecule has 1 fully saturated rings. The van der Waals surface area contributed by atoms with Gasteiger partial charge in [-0.25, -0.2) is 9.97 Å². The lowest BCUT2D eigenvalue weighted by Crippen LogP contribution is -2.44. The van der Waals surface area contributed by atoms with Gasteiger partial charge in [0, 0.05) is 12.1 Å². The normalized spacial score (nSPS) is 17.4. The molecule has 0 radical (unpaired) electrons. The number of ether oxygens (including phenoxy) is 2. The van der Waals surface area contributed by atoms with Gasteiger partial charge in [0.05, 0.1) is 31.1 Å². The molecule has 1 amide bonds. The molecule has 2 heterocycles. The van der Waals surface area contributed by atoms with Gasteiger partial charge in [-0.2, -0.15) is 0 Å². The van der Waals surface area contributed by atoms with Gasteiger partial charge in [0.15, 0.2) is 0 Å². The van der Waals surface area contributed by atoms with E-state index < -0.39 is 0 Å². The maximum atomic E-state index is 12.7. The van der Waals surface area contributed by atoms with Crippen molar-refractivity contribution >= 4 is 17.5 Å². The lowest BCUT2D eigenvalue weighted by atomic mass is 10.1. The summed E-state index contributed by atoms with van der Waals surface area (Å²) in [5.41, 5.74) is 0.609. The zero-order valence-electron chi connectivity index (χ0n) is 13.3. The van der Waals surface area contributed by atoms with Crippen molar-refractivity contribution in [3.05, 3.63) is 47.2 Å². The third-order valence-electron chi connectivity index (χ3n) is 3.85. The smallest absolute Gasteiger partial charge is 0.316 e. The van der Waals surface area contributed by atoms with E-state index in [0.717, 1.165) is 12.8 Å². The van der Waals surface area contributed by atoms with Crippen molar-refractivity contribution < 1.29 is 14.3 Å². The van der Waals surface area contributed by atoms with Crippen molar-refractivity contribution in [1.29, 1.82) is 0 Å². The Bertz CT molecular complexity index is 708. The van der Waals surface area contributed by atoms with E-state index in [1.165, 1.54) is 12.4 Å². The maximum absolute atomic E-state index is 12.7. The fourth-order valence-corrected chi connectivity index (χ4v) is 2.77. The fourth-order valence-electron chi connectivity index (χ4n) is 2.67. The molecule has 1 aliphatic rings. The molecular weight excluding hydrogens is 330 g/mol. The molecule has 7 heteroatoms. The van der Waals surface area contributed by atoms with Crippen LogP contribution in [0.4, 0.5) is 0 Å². The van der Waals surface area contributed by atoms with Crippen LogP contribution >= 0.6 is 11.6 Å².